The van der Waals surface area contributed by atoms with Gasteiger partial charge in [0.2, 0.25) is 5.91 Å². The first kappa shape index (κ1) is 26.0. The van der Waals surface area contributed by atoms with E-state index in [1.54, 1.807) is 24.3 Å². The Morgan fingerprint density at radius 3 is 2.32 bits per heavy atom. The zero-order chi connectivity index (χ0) is 25.3. The molecule has 3 rings (SSSR count). The van der Waals surface area contributed by atoms with Crippen LogP contribution in [-0.4, -0.2) is 46.1 Å². The first-order valence-corrected chi connectivity index (χ1v) is 12.2. The molecule has 0 aromatic heterocycles. The number of hydrogen-bond acceptors (Lipinski definition) is 4. The van der Waals surface area contributed by atoms with Gasteiger partial charge in [0.25, 0.3) is 0 Å². The second-order valence-corrected chi connectivity index (χ2v) is 10.6. The van der Waals surface area contributed by atoms with Crippen LogP contribution in [0.25, 0.3) is 0 Å². The molecule has 2 unspecified atom stereocenters. The molecule has 34 heavy (non-hydrogen) atoms. The molecule has 0 aliphatic carbocycles. The molecule has 2 atom stereocenters. The van der Waals surface area contributed by atoms with Gasteiger partial charge in [-0.25, -0.2) is 4.79 Å². The van der Waals surface area contributed by atoms with Crippen LogP contribution < -0.4 is 5.32 Å². The van der Waals surface area contributed by atoms with Crippen LogP contribution in [0.2, 0.25) is 5.02 Å². The number of likely N-dealkylation sites (tertiary alicyclic amines) is 1. The summed E-state index contributed by atoms with van der Waals surface area (Å²) in [7, 11) is 0. The molecule has 3 N–H and O–H groups in total. The van der Waals surface area contributed by atoms with Crippen molar-refractivity contribution in [2.24, 2.45) is 11.3 Å². The maximum absolute atomic E-state index is 13.7. The summed E-state index contributed by atoms with van der Waals surface area (Å²) in [6, 6.07) is 11.8. The molecular formula is C27H35ClN2O4. The van der Waals surface area contributed by atoms with E-state index in [4.69, 9.17) is 11.6 Å². The minimum Gasteiger partial charge on any atom is -0.478 e. The van der Waals surface area contributed by atoms with Crippen molar-refractivity contribution in [3.63, 3.8) is 0 Å². The number of aromatic carboxylic acids is 1. The highest BCUT2D eigenvalue weighted by molar-refractivity contribution is 6.30. The average Bonchev–Trinajstić information content (AvgIpc) is 2.78. The number of carboxylic acids is 1. The minimum atomic E-state index is -1.08. The van der Waals surface area contributed by atoms with Crippen molar-refractivity contribution < 1.29 is 19.8 Å². The molecular weight excluding hydrogens is 452 g/mol. The molecule has 2 aromatic rings. The van der Waals surface area contributed by atoms with Crippen LogP contribution in [-0.2, 0) is 16.8 Å². The monoisotopic (exact) mass is 486 g/mol. The van der Waals surface area contributed by atoms with Crippen LogP contribution in [0.15, 0.2) is 42.5 Å². The Balaban J connectivity index is 1.85. The summed E-state index contributed by atoms with van der Waals surface area (Å²) in [6.07, 6.45) is 0.946. The van der Waals surface area contributed by atoms with Gasteiger partial charge >= 0.3 is 5.97 Å². The number of carbonyl (C=O) groups excluding carboxylic acids is 1. The lowest BCUT2D eigenvalue weighted by Gasteiger charge is -2.51. The zero-order valence-electron chi connectivity index (χ0n) is 20.6. The quantitative estimate of drug-likeness (QED) is 0.501. The number of hydrogen-bond donors (Lipinski definition) is 3. The van der Waals surface area contributed by atoms with Gasteiger partial charge in [0.15, 0.2) is 0 Å². The Hall–Kier alpha value is -2.57. The van der Waals surface area contributed by atoms with E-state index in [9.17, 15) is 19.8 Å². The van der Waals surface area contributed by atoms with Crippen molar-refractivity contribution in [3.05, 3.63) is 64.2 Å². The van der Waals surface area contributed by atoms with E-state index in [0.29, 0.717) is 42.2 Å². The van der Waals surface area contributed by atoms with Gasteiger partial charge in [0.1, 0.15) is 6.04 Å². The van der Waals surface area contributed by atoms with Crippen molar-refractivity contribution in [1.82, 2.24) is 4.90 Å². The molecule has 1 saturated heterocycles. The highest BCUT2D eigenvalue weighted by atomic mass is 35.5. The smallest absolute Gasteiger partial charge is 0.336 e. The third-order valence-corrected chi connectivity index (χ3v) is 7.34. The Morgan fingerprint density at radius 1 is 1.15 bits per heavy atom. The van der Waals surface area contributed by atoms with Gasteiger partial charge in [0, 0.05) is 29.2 Å². The first-order valence-electron chi connectivity index (χ1n) is 11.8. The maximum Gasteiger partial charge on any atom is 0.336 e. The second-order valence-electron chi connectivity index (χ2n) is 10.1. The summed E-state index contributed by atoms with van der Waals surface area (Å²) in [5.41, 5.74) is 0.724. The van der Waals surface area contributed by atoms with E-state index in [-0.39, 0.29) is 17.4 Å². The molecule has 0 radical (unpaired) electrons. The highest BCUT2D eigenvalue weighted by Gasteiger charge is 2.50. The van der Waals surface area contributed by atoms with E-state index in [0.717, 1.165) is 5.56 Å². The third kappa shape index (κ3) is 4.93. The van der Waals surface area contributed by atoms with Gasteiger partial charge in [-0.1, -0.05) is 64.4 Å². The number of anilines is 1. The van der Waals surface area contributed by atoms with E-state index < -0.39 is 23.0 Å². The molecule has 1 fully saturated rings. The number of aliphatic hydroxyl groups is 1. The fourth-order valence-corrected chi connectivity index (χ4v) is 5.08. The van der Waals surface area contributed by atoms with Gasteiger partial charge in [0.05, 0.1) is 11.2 Å². The summed E-state index contributed by atoms with van der Waals surface area (Å²) in [6.45, 7) is 10.6. The highest BCUT2D eigenvalue weighted by Crippen LogP contribution is 2.46. The van der Waals surface area contributed by atoms with Crippen LogP contribution >= 0.6 is 11.6 Å². The van der Waals surface area contributed by atoms with Crippen LogP contribution in [0.5, 0.6) is 0 Å². The summed E-state index contributed by atoms with van der Waals surface area (Å²) < 4.78 is 0. The van der Waals surface area contributed by atoms with Crippen molar-refractivity contribution in [2.75, 3.05) is 18.4 Å². The number of carboxylic acid groups (broad SMARTS) is 1. The summed E-state index contributed by atoms with van der Waals surface area (Å²) in [5, 5.41) is 25.2. The minimum absolute atomic E-state index is 0.0223. The van der Waals surface area contributed by atoms with Gasteiger partial charge in [-0.2, -0.15) is 0 Å². The van der Waals surface area contributed by atoms with Gasteiger partial charge < -0.3 is 20.4 Å². The Kier molecular flexibility index (Phi) is 7.63. The topological polar surface area (TPSA) is 89.9 Å². The summed E-state index contributed by atoms with van der Waals surface area (Å²) >= 11 is 6.04. The first-order chi connectivity index (χ1) is 15.9. The lowest BCUT2D eigenvalue weighted by atomic mass is 9.66. The lowest BCUT2D eigenvalue weighted by molar-refractivity contribution is -0.154. The predicted octanol–water partition coefficient (Wildman–Crippen LogP) is 5.18. The van der Waals surface area contributed by atoms with Crippen LogP contribution in [0, 0.1) is 11.3 Å². The molecule has 7 heteroatoms. The standard InChI is InChI=1S/C27H35ClN2O4/c1-6-20-21(25(32)33)8-7-9-22(20)29-23(17(2)3)24(31)30-15-14-27(34,26(4,5)16-30)18-10-12-19(28)13-11-18/h7-13,17,23,29,34H,6,14-16H2,1-5H3,(H,32,33). The molecule has 1 aliphatic heterocycles. The number of nitrogens with one attached hydrogen (secondary N) is 1. The Bertz CT molecular complexity index is 1050. The van der Waals surface area contributed by atoms with Crippen molar-refractivity contribution in [1.29, 1.82) is 0 Å². The van der Waals surface area contributed by atoms with E-state index in [1.807, 2.05) is 57.7 Å². The number of halogens is 1. The maximum atomic E-state index is 13.7. The molecule has 2 aromatic carbocycles. The third-order valence-electron chi connectivity index (χ3n) is 7.09. The number of piperidine rings is 1. The molecule has 1 aliphatic rings. The molecule has 6 nitrogen and oxygen atoms in total. The lowest BCUT2D eigenvalue weighted by Crippen LogP contribution is -2.59. The Labute approximate surface area is 206 Å². The second kappa shape index (κ2) is 9.96. The molecule has 0 spiro atoms. The van der Waals surface area contributed by atoms with Crippen molar-refractivity contribution in [3.8, 4) is 0 Å². The van der Waals surface area contributed by atoms with Gasteiger partial charge in [-0.05, 0) is 54.2 Å². The number of amides is 1. The zero-order valence-corrected chi connectivity index (χ0v) is 21.3. The SMILES string of the molecule is CCc1c(NC(C(=O)N2CCC(O)(c3ccc(Cl)cc3)C(C)(C)C2)C(C)C)cccc1C(=O)O. The molecule has 0 bridgehead atoms. The fourth-order valence-electron chi connectivity index (χ4n) is 4.95. The number of rotatable bonds is 7. The molecule has 1 heterocycles. The van der Waals surface area contributed by atoms with Gasteiger partial charge in [-0.3, -0.25) is 4.79 Å². The summed E-state index contributed by atoms with van der Waals surface area (Å²) in [4.78, 5) is 27.2. The van der Waals surface area contributed by atoms with E-state index in [1.165, 1.54) is 0 Å². The van der Waals surface area contributed by atoms with Crippen molar-refractivity contribution in [2.45, 2.75) is 59.1 Å². The van der Waals surface area contributed by atoms with E-state index in [2.05, 4.69) is 5.32 Å². The summed E-state index contributed by atoms with van der Waals surface area (Å²) in [5.74, 6) is -1.05. The molecule has 184 valence electrons. The van der Waals surface area contributed by atoms with Crippen molar-refractivity contribution >= 4 is 29.2 Å². The van der Waals surface area contributed by atoms with Crippen LogP contribution in [0.4, 0.5) is 5.69 Å². The van der Waals surface area contributed by atoms with E-state index >= 15 is 0 Å². The number of benzene rings is 2. The normalized spacial score (nSPS) is 20.8. The fraction of sp³-hybridized carbons (Fsp3) is 0.481. The molecule has 1 amide bonds. The van der Waals surface area contributed by atoms with Gasteiger partial charge in [-0.15, -0.1) is 0 Å². The van der Waals surface area contributed by atoms with Crippen LogP contribution in [0.1, 0.15) is 62.5 Å². The number of nitrogens with zero attached hydrogens (tertiary/aromatic N) is 1. The predicted molar refractivity (Wildman–Crippen MR) is 135 cm³/mol. The van der Waals surface area contributed by atoms with Crippen LogP contribution in [0.3, 0.4) is 0 Å². The largest absolute Gasteiger partial charge is 0.478 e. The molecule has 0 saturated carbocycles. The average molecular weight is 487 g/mol. The Morgan fingerprint density at radius 2 is 1.79 bits per heavy atom. The number of carbonyl (C=O) groups is 2.